The smallest absolute Gasteiger partial charge is 0.274 e. The third kappa shape index (κ3) is 4.99. The van der Waals surface area contributed by atoms with Crippen molar-refractivity contribution in [3.8, 4) is 5.75 Å². The number of amides is 2. The Balaban J connectivity index is 1.71. The third-order valence-electron chi connectivity index (χ3n) is 4.53. The number of hydrogen-bond donors (Lipinski definition) is 2. The molecule has 6 heteroatoms. The van der Waals surface area contributed by atoms with Crippen LogP contribution in [0.2, 0.25) is 0 Å². The molecule has 3 aromatic rings. The number of rotatable bonds is 6. The fourth-order valence-corrected chi connectivity index (χ4v) is 2.77. The average molecular weight is 389 g/mol. The lowest BCUT2D eigenvalue weighted by Crippen LogP contribution is -2.17. The van der Waals surface area contributed by atoms with Crippen LogP contribution in [0, 0.1) is 13.8 Å². The molecule has 0 atom stereocenters. The van der Waals surface area contributed by atoms with Gasteiger partial charge in [-0.1, -0.05) is 12.1 Å². The molecule has 29 heavy (non-hydrogen) atoms. The highest BCUT2D eigenvalue weighted by Crippen LogP contribution is 2.19. The van der Waals surface area contributed by atoms with Gasteiger partial charge in [-0.25, -0.2) is 0 Å². The first-order valence-corrected chi connectivity index (χ1v) is 9.35. The minimum Gasteiger partial charge on any atom is -0.494 e. The maximum absolute atomic E-state index is 12.6. The molecule has 0 saturated carbocycles. The van der Waals surface area contributed by atoms with Gasteiger partial charge in [0, 0.05) is 23.1 Å². The molecule has 0 aliphatic rings. The predicted molar refractivity (Wildman–Crippen MR) is 114 cm³/mol. The standard InChI is InChI=1S/C23H23N3O3/c1-4-29-19-10-8-18(9-11-19)25-22(27)17-12-13-24-21(14-17)23(28)26-20-7-5-6-15(2)16(20)3/h5-14H,4H2,1-3H3,(H,25,27)(H,26,28). The summed E-state index contributed by atoms with van der Waals surface area (Å²) in [5, 5.41) is 5.66. The van der Waals surface area contributed by atoms with E-state index < -0.39 is 0 Å². The van der Waals surface area contributed by atoms with Crippen LogP contribution in [0.1, 0.15) is 38.9 Å². The Labute approximate surface area is 169 Å². The zero-order valence-electron chi connectivity index (χ0n) is 16.7. The molecule has 0 bridgehead atoms. The molecule has 6 nitrogen and oxygen atoms in total. The largest absolute Gasteiger partial charge is 0.494 e. The first-order valence-electron chi connectivity index (χ1n) is 9.35. The summed E-state index contributed by atoms with van der Waals surface area (Å²) < 4.78 is 5.39. The van der Waals surface area contributed by atoms with Gasteiger partial charge >= 0.3 is 0 Å². The predicted octanol–water partition coefficient (Wildman–Crippen LogP) is 4.60. The van der Waals surface area contributed by atoms with Crippen LogP contribution in [-0.4, -0.2) is 23.4 Å². The van der Waals surface area contributed by atoms with E-state index in [2.05, 4.69) is 15.6 Å². The van der Waals surface area contributed by atoms with E-state index in [1.165, 1.54) is 12.3 Å². The van der Waals surface area contributed by atoms with Crippen LogP contribution in [0.15, 0.2) is 60.8 Å². The highest BCUT2D eigenvalue weighted by Gasteiger charge is 2.13. The van der Waals surface area contributed by atoms with Crippen molar-refractivity contribution >= 4 is 23.2 Å². The SMILES string of the molecule is CCOc1ccc(NC(=O)c2ccnc(C(=O)Nc3cccc(C)c3C)c2)cc1. The monoisotopic (exact) mass is 389 g/mol. The fraction of sp³-hybridized carbons (Fsp3) is 0.174. The molecule has 0 radical (unpaired) electrons. The molecule has 0 spiro atoms. The van der Waals surface area contributed by atoms with Crippen LogP contribution < -0.4 is 15.4 Å². The van der Waals surface area contributed by atoms with Gasteiger partial charge in [-0.2, -0.15) is 0 Å². The Bertz CT molecular complexity index is 1030. The lowest BCUT2D eigenvalue weighted by molar-refractivity contribution is 0.102. The van der Waals surface area contributed by atoms with E-state index in [1.807, 2.05) is 39.0 Å². The van der Waals surface area contributed by atoms with Crippen molar-refractivity contribution in [3.63, 3.8) is 0 Å². The van der Waals surface area contributed by atoms with Crippen molar-refractivity contribution in [2.75, 3.05) is 17.2 Å². The van der Waals surface area contributed by atoms with Gasteiger partial charge in [0.25, 0.3) is 11.8 Å². The molecule has 1 aromatic heterocycles. The molecule has 1 heterocycles. The highest BCUT2D eigenvalue weighted by molar-refractivity contribution is 6.08. The minimum atomic E-state index is -0.366. The number of nitrogens with one attached hydrogen (secondary N) is 2. The lowest BCUT2D eigenvalue weighted by atomic mass is 10.1. The molecule has 0 saturated heterocycles. The zero-order chi connectivity index (χ0) is 20.8. The molecular formula is C23H23N3O3. The van der Waals surface area contributed by atoms with Crippen molar-refractivity contribution < 1.29 is 14.3 Å². The van der Waals surface area contributed by atoms with Gasteiger partial charge in [0.1, 0.15) is 11.4 Å². The molecule has 2 N–H and O–H groups in total. The van der Waals surface area contributed by atoms with Crippen LogP contribution in [0.5, 0.6) is 5.75 Å². The molecule has 2 aromatic carbocycles. The summed E-state index contributed by atoms with van der Waals surface area (Å²) >= 11 is 0. The molecule has 2 amide bonds. The van der Waals surface area contributed by atoms with Gasteiger partial charge in [0.05, 0.1) is 6.61 Å². The van der Waals surface area contributed by atoms with E-state index in [9.17, 15) is 9.59 Å². The molecule has 3 rings (SSSR count). The van der Waals surface area contributed by atoms with E-state index in [-0.39, 0.29) is 17.5 Å². The second kappa shape index (κ2) is 9.01. The topological polar surface area (TPSA) is 80.3 Å². The first kappa shape index (κ1) is 20.1. The van der Waals surface area contributed by atoms with Gasteiger partial charge in [0.15, 0.2) is 0 Å². The van der Waals surface area contributed by atoms with E-state index in [4.69, 9.17) is 4.74 Å². The second-order valence-electron chi connectivity index (χ2n) is 6.54. The Morgan fingerprint density at radius 2 is 1.72 bits per heavy atom. The van der Waals surface area contributed by atoms with E-state index in [0.29, 0.717) is 17.9 Å². The Kier molecular flexibility index (Phi) is 6.24. The highest BCUT2D eigenvalue weighted by atomic mass is 16.5. The number of carbonyl (C=O) groups excluding carboxylic acids is 2. The Hall–Kier alpha value is -3.67. The Morgan fingerprint density at radius 3 is 2.45 bits per heavy atom. The Morgan fingerprint density at radius 1 is 0.966 bits per heavy atom. The summed E-state index contributed by atoms with van der Waals surface area (Å²) in [6.45, 7) is 6.41. The van der Waals surface area contributed by atoms with Gasteiger partial charge in [-0.05, 0) is 74.4 Å². The maximum Gasteiger partial charge on any atom is 0.274 e. The van der Waals surface area contributed by atoms with Crippen LogP contribution in [0.4, 0.5) is 11.4 Å². The number of hydrogen-bond acceptors (Lipinski definition) is 4. The van der Waals surface area contributed by atoms with Gasteiger partial charge in [-0.3, -0.25) is 14.6 Å². The average Bonchev–Trinajstić information content (AvgIpc) is 2.73. The van der Waals surface area contributed by atoms with Gasteiger partial charge < -0.3 is 15.4 Å². The fourth-order valence-electron chi connectivity index (χ4n) is 2.77. The number of nitrogens with zero attached hydrogens (tertiary/aromatic N) is 1. The second-order valence-corrected chi connectivity index (χ2v) is 6.54. The van der Waals surface area contributed by atoms with Crippen molar-refractivity contribution in [1.29, 1.82) is 0 Å². The van der Waals surface area contributed by atoms with Crippen LogP contribution >= 0.6 is 0 Å². The van der Waals surface area contributed by atoms with Crippen LogP contribution in [0.3, 0.4) is 0 Å². The number of aryl methyl sites for hydroxylation is 1. The van der Waals surface area contributed by atoms with Crippen LogP contribution in [0.25, 0.3) is 0 Å². The molecule has 0 aliphatic heterocycles. The summed E-state index contributed by atoms with van der Waals surface area (Å²) in [4.78, 5) is 29.2. The third-order valence-corrected chi connectivity index (χ3v) is 4.53. The van der Waals surface area contributed by atoms with Gasteiger partial charge in [0.2, 0.25) is 0 Å². The van der Waals surface area contributed by atoms with Gasteiger partial charge in [-0.15, -0.1) is 0 Å². The molecule has 0 fully saturated rings. The summed E-state index contributed by atoms with van der Waals surface area (Å²) in [6, 6.07) is 15.8. The van der Waals surface area contributed by atoms with E-state index >= 15 is 0 Å². The number of carbonyl (C=O) groups is 2. The van der Waals surface area contributed by atoms with E-state index in [0.717, 1.165) is 22.6 Å². The molecule has 148 valence electrons. The number of benzene rings is 2. The number of pyridine rings is 1. The summed E-state index contributed by atoms with van der Waals surface area (Å²) in [6.07, 6.45) is 1.45. The minimum absolute atomic E-state index is 0.172. The number of ether oxygens (including phenoxy) is 1. The number of anilines is 2. The zero-order valence-corrected chi connectivity index (χ0v) is 16.7. The van der Waals surface area contributed by atoms with Crippen molar-refractivity contribution in [2.45, 2.75) is 20.8 Å². The molecule has 0 aliphatic carbocycles. The quantitative estimate of drug-likeness (QED) is 0.646. The first-order chi connectivity index (χ1) is 14.0. The van der Waals surface area contributed by atoms with Crippen molar-refractivity contribution in [1.82, 2.24) is 4.98 Å². The molecular weight excluding hydrogens is 366 g/mol. The maximum atomic E-state index is 12.6. The number of aromatic nitrogens is 1. The summed E-state index contributed by atoms with van der Waals surface area (Å²) in [5.74, 6) is 0.0478. The van der Waals surface area contributed by atoms with Crippen molar-refractivity contribution in [3.05, 3.63) is 83.2 Å². The van der Waals surface area contributed by atoms with E-state index in [1.54, 1.807) is 30.3 Å². The molecule has 0 unspecified atom stereocenters. The summed E-state index contributed by atoms with van der Waals surface area (Å²) in [5.41, 5.74) is 3.95. The summed E-state index contributed by atoms with van der Waals surface area (Å²) in [7, 11) is 0. The van der Waals surface area contributed by atoms with Crippen LogP contribution in [-0.2, 0) is 0 Å². The van der Waals surface area contributed by atoms with Crippen molar-refractivity contribution in [2.24, 2.45) is 0 Å². The lowest BCUT2D eigenvalue weighted by Gasteiger charge is -2.11. The normalized spacial score (nSPS) is 10.3.